The lowest BCUT2D eigenvalue weighted by Gasteiger charge is -2.20. The van der Waals surface area contributed by atoms with Gasteiger partial charge in [-0.15, -0.1) is 5.10 Å². The Morgan fingerprint density at radius 1 is 1.06 bits per heavy atom. The van der Waals surface area contributed by atoms with Crippen LogP contribution in [0.3, 0.4) is 0 Å². The molecular weight excluding hydrogens is 445 g/mol. The summed E-state index contributed by atoms with van der Waals surface area (Å²) in [4.78, 5) is 7.93. The van der Waals surface area contributed by atoms with Crippen LogP contribution in [0.1, 0.15) is 28.4 Å². The molecule has 6 nitrogen and oxygen atoms in total. The van der Waals surface area contributed by atoms with Crippen LogP contribution in [0.25, 0.3) is 22.4 Å². The normalized spacial score (nSPS) is 15.3. The summed E-state index contributed by atoms with van der Waals surface area (Å²) in [5, 5.41) is 18.4. The molecule has 156 valence electrons. The molecular formula is C24H15Cl2N5O. The molecule has 0 saturated carbocycles. The minimum Gasteiger partial charge on any atom is -0.462 e. The monoisotopic (exact) mass is 459 g/mol. The zero-order valence-electron chi connectivity index (χ0n) is 16.8. The summed E-state index contributed by atoms with van der Waals surface area (Å²) in [5.41, 5.74) is 5.43. The molecule has 5 rings (SSSR count). The van der Waals surface area contributed by atoms with Crippen molar-refractivity contribution in [2.24, 2.45) is 10.2 Å². The molecule has 0 aliphatic carbocycles. The Kier molecular flexibility index (Phi) is 5.14. The van der Waals surface area contributed by atoms with E-state index >= 15 is 0 Å². The van der Waals surface area contributed by atoms with Gasteiger partial charge in [-0.3, -0.25) is 0 Å². The maximum absolute atomic E-state index is 9.09. The van der Waals surface area contributed by atoms with E-state index in [1.807, 2.05) is 31.2 Å². The number of fused-ring (bicyclic) bond motifs is 1. The Morgan fingerprint density at radius 2 is 1.88 bits per heavy atom. The van der Waals surface area contributed by atoms with E-state index in [0.29, 0.717) is 32.9 Å². The van der Waals surface area contributed by atoms with Crippen LogP contribution in [0.15, 0.2) is 64.8 Å². The standard InChI is InChI=1S/C24H15Cl2N5O/c1-13-9-14(11-27)5-7-16(13)24-31-28-12-21(32-24)15-6-8-19-20(10-15)30-23(29-19)22-17(25)3-2-4-18(22)26/h2-10,12,21H,1H3,(H,29,30). The molecule has 8 heteroatoms. The molecule has 3 aromatic carbocycles. The number of nitriles is 1. The van der Waals surface area contributed by atoms with Crippen molar-refractivity contribution < 1.29 is 4.74 Å². The van der Waals surface area contributed by atoms with E-state index in [2.05, 4.69) is 26.2 Å². The molecule has 0 fully saturated rings. The Bertz CT molecular complexity index is 1450. The number of nitrogens with one attached hydrogen (secondary N) is 1. The van der Waals surface area contributed by atoms with Gasteiger partial charge in [-0.25, -0.2) is 4.98 Å². The topological polar surface area (TPSA) is 86.4 Å². The van der Waals surface area contributed by atoms with Crippen molar-refractivity contribution >= 4 is 46.3 Å². The molecule has 4 aromatic rings. The molecule has 0 radical (unpaired) electrons. The second-order valence-electron chi connectivity index (χ2n) is 7.31. The van der Waals surface area contributed by atoms with Crippen LogP contribution in [0.2, 0.25) is 10.0 Å². The van der Waals surface area contributed by atoms with Gasteiger partial charge < -0.3 is 9.72 Å². The molecule has 1 unspecified atom stereocenters. The van der Waals surface area contributed by atoms with Gasteiger partial charge in [0, 0.05) is 11.1 Å². The number of halogens is 2. The largest absolute Gasteiger partial charge is 0.462 e. The van der Waals surface area contributed by atoms with Crippen LogP contribution in [-0.4, -0.2) is 22.1 Å². The predicted molar refractivity (Wildman–Crippen MR) is 126 cm³/mol. The molecule has 0 amide bonds. The van der Waals surface area contributed by atoms with Crippen molar-refractivity contribution in [2.45, 2.75) is 13.0 Å². The Balaban J connectivity index is 1.46. The van der Waals surface area contributed by atoms with Gasteiger partial charge in [-0.05, 0) is 55.0 Å². The number of imidazole rings is 1. The van der Waals surface area contributed by atoms with E-state index < -0.39 is 6.10 Å². The molecule has 0 spiro atoms. The number of ether oxygens (including phenoxy) is 1. The third-order valence-electron chi connectivity index (χ3n) is 5.21. The van der Waals surface area contributed by atoms with Crippen molar-refractivity contribution in [3.8, 4) is 17.5 Å². The quantitative estimate of drug-likeness (QED) is 0.394. The fourth-order valence-corrected chi connectivity index (χ4v) is 4.19. The van der Waals surface area contributed by atoms with Crippen molar-refractivity contribution in [3.05, 3.63) is 86.9 Å². The molecule has 1 aliphatic heterocycles. The summed E-state index contributed by atoms with van der Waals surface area (Å²) in [7, 11) is 0. The van der Waals surface area contributed by atoms with Crippen LogP contribution in [-0.2, 0) is 4.74 Å². The summed E-state index contributed by atoms with van der Waals surface area (Å²) < 4.78 is 6.13. The predicted octanol–water partition coefficient (Wildman–Crippen LogP) is 6.22. The fraction of sp³-hybridized carbons (Fsp3) is 0.0833. The van der Waals surface area contributed by atoms with Crippen LogP contribution < -0.4 is 0 Å². The van der Waals surface area contributed by atoms with Crippen LogP contribution in [0.4, 0.5) is 0 Å². The van der Waals surface area contributed by atoms with Crippen LogP contribution in [0.5, 0.6) is 0 Å². The first-order valence-electron chi connectivity index (χ1n) is 9.76. The van der Waals surface area contributed by atoms with E-state index in [9.17, 15) is 0 Å². The third kappa shape index (κ3) is 3.62. The summed E-state index contributed by atoms with van der Waals surface area (Å²) in [6.45, 7) is 1.91. The Labute approximate surface area is 193 Å². The number of aryl methyl sites for hydroxylation is 1. The van der Waals surface area contributed by atoms with Gasteiger partial charge in [0.15, 0.2) is 6.10 Å². The van der Waals surface area contributed by atoms with E-state index in [1.165, 1.54) is 0 Å². The highest BCUT2D eigenvalue weighted by atomic mass is 35.5. The minimum atomic E-state index is -0.419. The number of nitrogens with zero attached hydrogens (tertiary/aromatic N) is 4. The molecule has 1 atom stereocenters. The summed E-state index contributed by atoms with van der Waals surface area (Å²) in [5.74, 6) is 1.01. The molecule has 32 heavy (non-hydrogen) atoms. The van der Waals surface area contributed by atoms with Gasteiger partial charge in [0.1, 0.15) is 5.82 Å². The molecule has 1 N–H and O–H groups in total. The van der Waals surface area contributed by atoms with Gasteiger partial charge in [-0.1, -0.05) is 35.3 Å². The number of benzene rings is 3. The van der Waals surface area contributed by atoms with Gasteiger partial charge in [-0.2, -0.15) is 10.4 Å². The van der Waals surface area contributed by atoms with Gasteiger partial charge in [0.2, 0.25) is 5.90 Å². The molecule has 1 aromatic heterocycles. The van der Waals surface area contributed by atoms with E-state index in [1.54, 1.807) is 36.5 Å². The van der Waals surface area contributed by atoms with Crippen LogP contribution in [0, 0.1) is 18.3 Å². The van der Waals surface area contributed by atoms with E-state index in [0.717, 1.165) is 27.7 Å². The Hall–Kier alpha value is -3.66. The fourth-order valence-electron chi connectivity index (χ4n) is 3.61. The minimum absolute atomic E-state index is 0.410. The molecule has 2 heterocycles. The maximum Gasteiger partial charge on any atom is 0.241 e. The number of aromatic amines is 1. The highest BCUT2D eigenvalue weighted by Crippen LogP contribution is 2.34. The number of hydrogen-bond donors (Lipinski definition) is 1. The first kappa shape index (κ1) is 20.3. The first-order chi connectivity index (χ1) is 15.5. The third-order valence-corrected chi connectivity index (χ3v) is 5.84. The zero-order chi connectivity index (χ0) is 22.2. The average molecular weight is 460 g/mol. The van der Waals surface area contributed by atoms with Crippen molar-refractivity contribution in [1.82, 2.24) is 9.97 Å². The summed E-state index contributed by atoms with van der Waals surface area (Å²) in [6.07, 6.45) is 1.23. The zero-order valence-corrected chi connectivity index (χ0v) is 18.3. The molecule has 0 saturated heterocycles. The van der Waals surface area contributed by atoms with Crippen molar-refractivity contribution in [1.29, 1.82) is 5.26 Å². The Morgan fingerprint density at radius 3 is 2.62 bits per heavy atom. The van der Waals surface area contributed by atoms with E-state index in [4.69, 9.17) is 33.2 Å². The summed E-state index contributed by atoms with van der Waals surface area (Å²) >= 11 is 12.7. The molecule has 1 aliphatic rings. The maximum atomic E-state index is 9.09. The van der Waals surface area contributed by atoms with Gasteiger partial charge >= 0.3 is 0 Å². The number of hydrogen-bond acceptors (Lipinski definition) is 5. The lowest BCUT2D eigenvalue weighted by molar-refractivity contribution is 0.258. The highest BCUT2D eigenvalue weighted by molar-refractivity contribution is 6.39. The van der Waals surface area contributed by atoms with Crippen molar-refractivity contribution in [2.75, 3.05) is 0 Å². The number of rotatable bonds is 3. The van der Waals surface area contributed by atoms with Gasteiger partial charge in [0.25, 0.3) is 0 Å². The SMILES string of the molecule is Cc1cc(C#N)ccc1C1=NN=CC(c2ccc3nc(-c4c(Cl)cccc4Cl)[nH]c3c2)O1. The van der Waals surface area contributed by atoms with Crippen molar-refractivity contribution in [3.63, 3.8) is 0 Å². The van der Waals surface area contributed by atoms with E-state index in [-0.39, 0.29) is 0 Å². The second-order valence-corrected chi connectivity index (χ2v) is 8.12. The number of aromatic nitrogens is 2. The lowest BCUT2D eigenvalue weighted by atomic mass is 10.0. The van der Waals surface area contributed by atoms with Crippen LogP contribution >= 0.6 is 23.2 Å². The first-order valence-corrected chi connectivity index (χ1v) is 10.5. The summed E-state index contributed by atoms with van der Waals surface area (Å²) in [6, 6.07) is 18.6. The van der Waals surface area contributed by atoms with Gasteiger partial charge in [0.05, 0.1) is 44.5 Å². The lowest BCUT2D eigenvalue weighted by Crippen LogP contribution is -2.17. The number of H-pyrrole nitrogens is 1. The molecule has 0 bridgehead atoms. The average Bonchev–Trinajstić information content (AvgIpc) is 3.21. The smallest absolute Gasteiger partial charge is 0.241 e. The second kappa shape index (κ2) is 8.12. The highest BCUT2D eigenvalue weighted by Gasteiger charge is 2.21.